The fourth-order valence-corrected chi connectivity index (χ4v) is 3.05. The van der Waals surface area contributed by atoms with E-state index in [4.69, 9.17) is 5.73 Å². The first kappa shape index (κ1) is 17.2. The number of rotatable bonds is 5. The molecule has 0 unspecified atom stereocenters. The molecular formula is C22H21F2N. The molecule has 0 bridgehead atoms. The van der Waals surface area contributed by atoms with Crippen molar-refractivity contribution in [1.29, 1.82) is 0 Å². The fraction of sp³-hybridized carbons (Fsp3) is 0.182. The van der Waals surface area contributed by atoms with E-state index in [9.17, 15) is 8.78 Å². The van der Waals surface area contributed by atoms with Crippen LogP contribution in [0.3, 0.4) is 0 Å². The van der Waals surface area contributed by atoms with Crippen LogP contribution in [-0.2, 0) is 19.3 Å². The van der Waals surface area contributed by atoms with E-state index in [0.717, 1.165) is 46.3 Å². The molecule has 0 saturated carbocycles. The highest BCUT2D eigenvalue weighted by Gasteiger charge is 2.09. The van der Waals surface area contributed by atoms with E-state index >= 15 is 0 Å². The molecule has 0 aliphatic rings. The van der Waals surface area contributed by atoms with Gasteiger partial charge in [-0.3, -0.25) is 0 Å². The first-order valence-electron chi connectivity index (χ1n) is 8.44. The maximum absolute atomic E-state index is 13.1. The number of hydrogen-bond acceptors (Lipinski definition) is 1. The zero-order valence-electron chi connectivity index (χ0n) is 14.2. The number of nitrogens with two attached hydrogens (primary N) is 1. The number of anilines is 1. The molecular weight excluding hydrogens is 316 g/mol. The van der Waals surface area contributed by atoms with Crippen LogP contribution >= 0.6 is 0 Å². The minimum Gasteiger partial charge on any atom is -0.398 e. The summed E-state index contributed by atoms with van der Waals surface area (Å²) in [4.78, 5) is 0. The van der Waals surface area contributed by atoms with Gasteiger partial charge in [0.25, 0.3) is 0 Å². The maximum atomic E-state index is 13.1. The summed E-state index contributed by atoms with van der Waals surface area (Å²) in [6.07, 6.45) is 2.24. The topological polar surface area (TPSA) is 26.0 Å². The summed E-state index contributed by atoms with van der Waals surface area (Å²) in [6, 6.07) is 17.3. The number of benzene rings is 3. The van der Waals surface area contributed by atoms with Crippen molar-refractivity contribution in [2.75, 3.05) is 5.73 Å². The average Bonchev–Trinajstić information content (AvgIpc) is 2.61. The Labute approximate surface area is 147 Å². The van der Waals surface area contributed by atoms with Crippen LogP contribution in [0.2, 0.25) is 0 Å². The molecule has 2 N–H and O–H groups in total. The molecule has 0 radical (unpaired) electrons. The molecule has 128 valence electrons. The molecule has 0 aliphatic carbocycles. The SMILES string of the molecule is CCc1cc(Cc2ccc(F)cc2)cc(Cc2ccc(F)cc2)c1N. The fourth-order valence-electron chi connectivity index (χ4n) is 3.05. The van der Waals surface area contributed by atoms with Crippen LogP contribution in [0.4, 0.5) is 14.5 Å². The summed E-state index contributed by atoms with van der Waals surface area (Å²) in [5.41, 5.74) is 12.5. The van der Waals surface area contributed by atoms with Gasteiger partial charge in [-0.2, -0.15) is 0 Å². The van der Waals surface area contributed by atoms with Gasteiger partial charge in [0.1, 0.15) is 11.6 Å². The second-order valence-electron chi connectivity index (χ2n) is 6.29. The van der Waals surface area contributed by atoms with E-state index in [-0.39, 0.29) is 11.6 Å². The summed E-state index contributed by atoms with van der Waals surface area (Å²) in [7, 11) is 0. The van der Waals surface area contributed by atoms with Crippen molar-refractivity contribution in [2.24, 2.45) is 0 Å². The minimum atomic E-state index is -0.240. The lowest BCUT2D eigenvalue weighted by atomic mass is 9.94. The van der Waals surface area contributed by atoms with Gasteiger partial charge in [0.05, 0.1) is 0 Å². The van der Waals surface area contributed by atoms with Gasteiger partial charge in [0.15, 0.2) is 0 Å². The number of halogens is 2. The Morgan fingerprint density at radius 3 is 1.68 bits per heavy atom. The first-order valence-corrected chi connectivity index (χ1v) is 8.44. The van der Waals surface area contributed by atoms with Crippen LogP contribution in [0.5, 0.6) is 0 Å². The van der Waals surface area contributed by atoms with Crippen LogP contribution in [0, 0.1) is 11.6 Å². The summed E-state index contributed by atoms with van der Waals surface area (Å²) in [5, 5.41) is 0. The standard InChI is InChI=1S/C22H21F2N/c1-2-18-13-17(11-15-3-7-20(23)8-4-15)14-19(22(18)25)12-16-5-9-21(24)10-6-16/h3-10,13-14H,2,11-12,25H2,1H3. The van der Waals surface area contributed by atoms with Gasteiger partial charge in [-0.15, -0.1) is 0 Å². The third-order valence-electron chi connectivity index (χ3n) is 4.42. The zero-order chi connectivity index (χ0) is 17.8. The molecule has 0 heterocycles. The van der Waals surface area contributed by atoms with Gasteiger partial charge in [-0.1, -0.05) is 43.3 Å². The smallest absolute Gasteiger partial charge is 0.123 e. The van der Waals surface area contributed by atoms with Gasteiger partial charge in [0, 0.05) is 5.69 Å². The quantitative estimate of drug-likeness (QED) is 0.629. The maximum Gasteiger partial charge on any atom is 0.123 e. The van der Waals surface area contributed by atoms with E-state index in [1.807, 2.05) is 0 Å². The van der Waals surface area contributed by atoms with Gasteiger partial charge < -0.3 is 5.73 Å². The monoisotopic (exact) mass is 337 g/mol. The van der Waals surface area contributed by atoms with Crippen molar-refractivity contribution in [1.82, 2.24) is 0 Å². The van der Waals surface area contributed by atoms with Gasteiger partial charge in [0.2, 0.25) is 0 Å². The lowest BCUT2D eigenvalue weighted by molar-refractivity contribution is 0.627. The number of hydrogen-bond donors (Lipinski definition) is 1. The summed E-state index contributed by atoms with van der Waals surface area (Å²) >= 11 is 0. The van der Waals surface area contributed by atoms with E-state index in [0.29, 0.717) is 6.42 Å². The van der Waals surface area contributed by atoms with Crippen molar-refractivity contribution >= 4 is 5.69 Å². The molecule has 3 heteroatoms. The summed E-state index contributed by atoms with van der Waals surface area (Å²) in [6.45, 7) is 2.08. The van der Waals surface area contributed by atoms with Crippen molar-refractivity contribution in [2.45, 2.75) is 26.2 Å². The van der Waals surface area contributed by atoms with Gasteiger partial charge >= 0.3 is 0 Å². The van der Waals surface area contributed by atoms with Crippen LogP contribution in [0.15, 0.2) is 60.7 Å². The van der Waals surface area contributed by atoms with Crippen molar-refractivity contribution in [3.05, 3.63) is 100 Å². The molecule has 3 aromatic carbocycles. The molecule has 0 atom stereocenters. The number of nitrogen functional groups attached to an aromatic ring is 1. The average molecular weight is 337 g/mol. The Balaban J connectivity index is 1.91. The largest absolute Gasteiger partial charge is 0.398 e. The molecule has 0 spiro atoms. The molecule has 3 aromatic rings. The van der Waals surface area contributed by atoms with Crippen LogP contribution in [0.1, 0.15) is 34.7 Å². The number of aryl methyl sites for hydroxylation is 1. The molecule has 1 nitrogen and oxygen atoms in total. The van der Waals surface area contributed by atoms with E-state index in [1.54, 1.807) is 24.3 Å². The summed E-state index contributed by atoms with van der Waals surface area (Å²) in [5.74, 6) is -0.469. The Bertz CT molecular complexity index is 852. The van der Waals surface area contributed by atoms with E-state index < -0.39 is 0 Å². The second kappa shape index (κ2) is 7.47. The molecule has 0 saturated heterocycles. The predicted molar refractivity (Wildman–Crippen MR) is 98.6 cm³/mol. The van der Waals surface area contributed by atoms with Gasteiger partial charge in [-0.25, -0.2) is 8.78 Å². The van der Waals surface area contributed by atoms with Crippen molar-refractivity contribution < 1.29 is 8.78 Å². The predicted octanol–water partition coefficient (Wildman–Crippen LogP) is 5.29. The van der Waals surface area contributed by atoms with Crippen molar-refractivity contribution in [3.63, 3.8) is 0 Å². The molecule has 0 aliphatic heterocycles. The molecule has 0 fully saturated rings. The first-order chi connectivity index (χ1) is 12.0. The Morgan fingerprint density at radius 2 is 1.16 bits per heavy atom. The van der Waals surface area contributed by atoms with E-state index in [2.05, 4.69) is 19.1 Å². The Kier molecular flexibility index (Phi) is 5.13. The van der Waals surface area contributed by atoms with Crippen LogP contribution < -0.4 is 5.73 Å². The van der Waals surface area contributed by atoms with E-state index in [1.165, 1.54) is 24.3 Å². The highest BCUT2D eigenvalue weighted by molar-refractivity contribution is 5.57. The van der Waals surface area contributed by atoms with Crippen LogP contribution in [0.25, 0.3) is 0 Å². The Morgan fingerprint density at radius 1 is 0.680 bits per heavy atom. The molecule has 25 heavy (non-hydrogen) atoms. The lowest BCUT2D eigenvalue weighted by Crippen LogP contribution is -2.03. The Hall–Kier alpha value is -2.68. The lowest BCUT2D eigenvalue weighted by Gasteiger charge is -2.14. The third kappa shape index (κ3) is 4.24. The highest BCUT2D eigenvalue weighted by Crippen LogP contribution is 2.25. The second-order valence-corrected chi connectivity index (χ2v) is 6.29. The summed E-state index contributed by atoms with van der Waals surface area (Å²) < 4.78 is 26.2. The molecule has 0 amide bonds. The van der Waals surface area contributed by atoms with Crippen LogP contribution in [-0.4, -0.2) is 0 Å². The van der Waals surface area contributed by atoms with Crippen molar-refractivity contribution in [3.8, 4) is 0 Å². The third-order valence-corrected chi connectivity index (χ3v) is 4.42. The normalized spacial score (nSPS) is 10.8. The zero-order valence-corrected chi connectivity index (χ0v) is 14.2. The molecule has 3 rings (SSSR count). The molecule has 0 aromatic heterocycles. The highest BCUT2D eigenvalue weighted by atomic mass is 19.1. The minimum absolute atomic E-state index is 0.229. The van der Waals surface area contributed by atoms with Gasteiger partial charge in [-0.05, 0) is 71.3 Å².